The van der Waals surface area contributed by atoms with Gasteiger partial charge in [0.15, 0.2) is 5.96 Å². The molecule has 2 N–H and O–H groups in total. The Hall–Kier alpha value is -1.39. The second-order valence-electron chi connectivity index (χ2n) is 7.87. The Morgan fingerprint density at radius 1 is 1.20 bits per heavy atom. The minimum Gasteiger partial charge on any atom is -0.376 e. The van der Waals surface area contributed by atoms with Gasteiger partial charge >= 0.3 is 0 Å². The molecule has 2 aliphatic rings. The van der Waals surface area contributed by atoms with Crippen LogP contribution in [0.5, 0.6) is 0 Å². The zero-order valence-electron chi connectivity index (χ0n) is 18.2. The number of carbonyl (C=O) groups excluding carboxylic acids is 1. The lowest BCUT2D eigenvalue weighted by Gasteiger charge is -2.31. The number of hydrogen-bond donors (Lipinski definition) is 2. The molecule has 7 nitrogen and oxygen atoms in total. The van der Waals surface area contributed by atoms with Crippen LogP contribution in [0.1, 0.15) is 37.8 Å². The van der Waals surface area contributed by atoms with Crippen molar-refractivity contribution in [1.82, 2.24) is 20.4 Å². The van der Waals surface area contributed by atoms with E-state index in [1.54, 1.807) is 0 Å². The first-order chi connectivity index (χ1) is 14.1. The van der Waals surface area contributed by atoms with Gasteiger partial charge in [-0.2, -0.15) is 0 Å². The molecule has 0 radical (unpaired) electrons. The zero-order chi connectivity index (χ0) is 20.5. The van der Waals surface area contributed by atoms with Gasteiger partial charge < -0.3 is 20.3 Å². The number of hydrogen-bond acceptors (Lipinski definition) is 4. The summed E-state index contributed by atoms with van der Waals surface area (Å²) in [7, 11) is 0. The van der Waals surface area contributed by atoms with Crippen molar-refractivity contribution < 1.29 is 9.53 Å². The highest BCUT2D eigenvalue weighted by molar-refractivity contribution is 14.0. The standard InChI is InChI=1S/C22H35N5O2.HI/c1-3-23-22(25-15-21(28)27-9-4-5-10-27)24-14-19-7-6-8-20(13-19)17-26-11-12-29-18(2)16-26;/h6-8,13,18H,3-5,9-12,14-17H2,1-2H3,(H2,23,24,25);1H. The molecule has 30 heavy (non-hydrogen) atoms. The molecule has 1 unspecified atom stereocenters. The second-order valence-corrected chi connectivity index (χ2v) is 7.87. The number of morpholine rings is 1. The number of benzene rings is 1. The first-order valence-electron chi connectivity index (χ1n) is 10.9. The van der Waals surface area contributed by atoms with Crippen LogP contribution < -0.4 is 10.6 Å². The van der Waals surface area contributed by atoms with Crippen LogP contribution in [0.4, 0.5) is 0 Å². The minimum absolute atomic E-state index is 0. The fraction of sp³-hybridized carbons (Fsp3) is 0.636. The van der Waals surface area contributed by atoms with E-state index in [4.69, 9.17) is 4.74 Å². The topological polar surface area (TPSA) is 69.2 Å². The first kappa shape index (κ1) is 24.9. The molecule has 1 aromatic carbocycles. The van der Waals surface area contributed by atoms with E-state index in [1.165, 1.54) is 11.1 Å². The average Bonchev–Trinajstić information content (AvgIpc) is 3.25. The number of aliphatic imine (C=N–C) groups is 1. The Bertz CT molecular complexity index is 694. The van der Waals surface area contributed by atoms with Gasteiger partial charge in [0.05, 0.1) is 25.8 Å². The van der Waals surface area contributed by atoms with E-state index in [2.05, 4.69) is 51.7 Å². The molecule has 1 aromatic rings. The number of carbonyl (C=O) groups is 1. The average molecular weight is 529 g/mol. The molecular formula is C22H36IN5O2. The molecule has 0 aliphatic carbocycles. The van der Waals surface area contributed by atoms with Gasteiger partial charge in [-0.3, -0.25) is 9.69 Å². The van der Waals surface area contributed by atoms with Crippen LogP contribution in [0, 0.1) is 0 Å². The van der Waals surface area contributed by atoms with Crippen molar-refractivity contribution in [3.63, 3.8) is 0 Å². The maximum absolute atomic E-state index is 12.3. The van der Waals surface area contributed by atoms with E-state index >= 15 is 0 Å². The molecular weight excluding hydrogens is 493 g/mol. The highest BCUT2D eigenvalue weighted by Gasteiger charge is 2.18. The first-order valence-corrected chi connectivity index (χ1v) is 10.9. The molecule has 1 atom stereocenters. The number of likely N-dealkylation sites (tertiary alicyclic amines) is 1. The Morgan fingerprint density at radius 2 is 1.97 bits per heavy atom. The number of amides is 1. The van der Waals surface area contributed by atoms with E-state index < -0.39 is 0 Å². The summed E-state index contributed by atoms with van der Waals surface area (Å²) in [5.41, 5.74) is 2.47. The van der Waals surface area contributed by atoms with Crippen molar-refractivity contribution in [1.29, 1.82) is 0 Å². The lowest BCUT2D eigenvalue weighted by Crippen LogP contribution is -2.44. The maximum atomic E-state index is 12.3. The molecule has 0 saturated carbocycles. The summed E-state index contributed by atoms with van der Waals surface area (Å²) in [5.74, 6) is 0.835. The summed E-state index contributed by atoms with van der Waals surface area (Å²) < 4.78 is 5.63. The van der Waals surface area contributed by atoms with Gasteiger partial charge in [-0.15, -0.1) is 24.0 Å². The van der Waals surface area contributed by atoms with Crippen LogP contribution in [-0.4, -0.2) is 73.6 Å². The quantitative estimate of drug-likeness (QED) is 0.322. The number of nitrogens with one attached hydrogen (secondary N) is 2. The number of rotatable bonds is 7. The number of halogens is 1. The Morgan fingerprint density at radius 3 is 2.70 bits per heavy atom. The summed E-state index contributed by atoms with van der Waals surface area (Å²) in [6, 6.07) is 8.60. The predicted octanol–water partition coefficient (Wildman–Crippen LogP) is 2.20. The molecule has 8 heteroatoms. The van der Waals surface area contributed by atoms with Gasteiger partial charge in [0.25, 0.3) is 0 Å². The molecule has 0 spiro atoms. The smallest absolute Gasteiger partial charge is 0.241 e. The summed E-state index contributed by atoms with van der Waals surface area (Å²) in [4.78, 5) is 21.3. The number of guanidine groups is 1. The van der Waals surface area contributed by atoms with Crippen LogP contribution in [0.2, 0.25) is 0 Å². The van der Waals surface area contributed by atoms with Crippen molar-refractivity contribution in [3.05, 3.63) is 35.4 Å². The van der Waals surface area contributed by atoms with Crippen LogP contribution >= 0.6 is 24.0 Å². The van der Waals surface area contributed by atoms with Crippen LogP contribution in [0.15, 0.2) is 29.3 Å². The molecule has 1 amide bonds. The van der Waals surface area contributed by atoms with Gasteiger partial charge in [0.2, 0.25) is 5.91 Å². The van der Waals surface area contributed by atoms with E-state index in [0.29, 0.717) is 25.2 Å². The fourth-order valence-electron chi connectivity index (χ4n) is 3.87. The third kappa shape index (κ3) is 8.03. The fourth-order valence-corrected chi connectivity index (χ4v) is 3.87. The lowest BCUT2D eigenvalue weighted by atomic mass is 10.1. The highest BCUT2D eigenvalue weighted by Crippen LogP contribution is 2.13. The Labute approximate surface area is 197 Å². The van der Waals surface area contributed by atoms with Gasteiger partial charge in [-0.05, 0) is 37.8 Å². The Balaban J connectivity index is 0.00000320. The van der Waals surface area contributed by atoms with Crippen molar-refractivity contribution in [2.45, 2.75) is 45.9 Å². The van der Waals surface area contributed by atoms with E-state index in [1.807, 2.05) is 11.8 Å². The van der Waals surface area contributed by atoms with Crippen LogP contribution in [0.25, 0.3) is 0 Å². The van der Waals surface area contributed by atoms with Crippen LogP contribution in [-0.2, 0) is 22.6 Å². The maximum Gasteiger partial charge on any atom is 0.241 e. The zero-order valence-corrected chi connectivity index (χ0v) is 20.6. The largest absolute Gasteiger partial charge is 0.376 e. The van der Waals surface area contributed by atoms with Gasteiger partial charge in [-0.25, -0.2) is 4.99 Å². The molecule has 168 valence electrons. The third-order valence-corrected chi connectivity index (χ3v) is 5.35. The van der Waals surface area contributed by atoms with Crippen LogP contribution in [0.3, 0.4) is 0 Å². The molecule has 2 saturated heterocycles. The van der Waals surface area contributed by atoms with Crippen molar-refractivity contribution in [2.75, 3.05) is 45.9 Å². The number of nitrogens with zero attached hydrogens (tertiary/aromatic N) is 3. The molecule has 0 aromatic heterocycles. The minimum atomic E-state index is 0. The monoisotopic (exact) mass is 529 g/mol. The molecule has 0 bridgehead atoms. The molecule has 2 heterocycles. The predicted molar refractivity (Wildman–Crippen MR) is 131 cm³/mol. The van der Waals surface area contributed by atoms with Gasteiger partial charge in [-0.1, -0.05) is 24.3 Å². The SMILES string of the molecule is CCNC(=NCc1cccc(CN2CCOC(C)C2)c1)NCC(=O)N1CCCC1.I. The highest BCUT2D eigenvalue weighted by atomic mass is 127. The van der Waals surface area contributed by atoms with E-state index in [-0.39, 0.29) is 29.9 Å². The summed E-state index contributed by atoms with van der Waals surface area (Å²) in [6.45, 7) is 11.2. The summed E-state index contributed by atoms with van der Waals surface area (Å²) in [6.07, 6.45) is 2.52. The number of ether oxygens (including phenoxy) is 1. The lowest BCUT2D eigenvalue weighted by molar-refractivity contribution is -0.128. The van der Waals surface area contributed by atoms with Crippen molar-refractivity contribution >= 4 is 35.8 Å². The summed E-state index contributed by atoms with van der Waals surface area (Å²) >= 11 is 0. The van der Waals surface area contributed by atoms with Gasteiger partial charge in [0.1, 0.15) is 0 Å². The normalized spacial score (nSPS) is 20.0. The third-order valence-electron chi connectivity index (χ3n) is 5.35. The van der Waals surface area contributed by atoms with Crippen molar-refractivity contribution in [2.24, 2.45) is 4.99 Å². The second kappa shape index (κ2) is 13.1. The summed E-state index contributed by atoms with van der Waals surface area (Å²) in [5, 5.41) is 6.41. The molecule has 3 rings (SSSR count). The Kier molecular flexibility index (Phi) is 10.9. The van der Waals surface area contributed by atoms with E-state index in [0.717, 1.165) is 58.7 Å². The molecule has 2 aliphatic heterocycles. The van der Waals surface area contributed by atoms with E-state index in [9.17, 15) is 4.79 Å². The van der Waals surface area contributed by atoms with Gasteiger partial charge in [0, 0.05) is 39.3 Å². The van der Waals surface area contributed by atoms with Crippen molar-refractivity contribution in [3.8, 4) is 0 Å². The molecule has 2 fully saturated rings.